The van der Waals surface area contributed by atoms with Gasteiger partial charge in [-0.2, -0.15) is 0 Å². The molecule has 0 heterocycles. The summed E-state index contributed by atoms with van der Waals surface area (Å²) in [6.07, 6.45) is -2.97. The summed E-state index contributed by atoms with van der Waals surface area (Å²) in [5.74, 6) is -2.89. The van der Waals surface area contributed by atoms with Crippen LogP contribution < -0.4 is 0 Å². The molecule has 2 rings (SSSR count). The molecule has 0 aliphatic carbocycles. The molecule has 0 aliphatic rings. The Balaban J connectivity index is 3.20. The van der Waals surface area contributed by atoms with Gasteiger partial charge in [0.15, 0.2) is 0 Å². The van der Waals surface area contributed by atoms with E-state index in [1.165, 1.54) is 20.8 Å². The van der Waals surface area contributed by atoms with E-state index in [1.807, 2.05) is 46.8 Å². The fourth-order valence-corrected chi connectivity index (χ4v) is 5.69. The molecule has 202 valence electrons. The van der Waals surface area contributed by atoms with Crippen molar-refractivity contribution in [3.8, 4) is 5.75 Å². The number of hydrogen-bond donors (Lipinski definition) is 1. The second kappa shape index (κ2) is 11.7. The molecule has 0 aromatic heterocycles. The molecule has 2 aromatic carbocycles. The molecule has 2 aromatic rings. The number of phenols is 1. The van der Waals surface area contributed by atoms with Gasteiger partial charge in [-0.1, -0.05) is 53.7 Å². The van der Waals surface area contributed by atoms with Crippen LogP contribution in [0.1, 0.15) is 140 Å². The van der Waals surface area contributed by atoms with Crippen LogP contribution in [0.15, 0.2) is 18.2 Å². The lowest BCUT2D eigenvalue weighted by atomic mass is 9.74. The van der Waals surface area contributed by atoms with Crippen molar-refractivity contribution >= 4 is 0 Å². The van der Waals surface area contributed by atoms with E-state index in [0.717, 1.165) is 45.9 Å². The largest absolute Gasteiger partial charge is 0.508 e. The molecule has 4 atom stereocenters. The zero-order valence-corrected chi connectivity index (χ0v) is 24.5. The van der Waals surface area contributed by atoms with Crippen molar-refractivity contribution in [2.45, 2.75) is 139 Å². The van der Waals surface area contributed by atoms with Crippen molar-refractivity contribution in [2.24, 2.45) is 5.89 Å². The minimum atomic E-state index is -3.44. The van der Waals surface area contributed by atoms with Crippen molar-refractivity contribution < 1.29 is 20.2 Å². The summed E-state index contributed by atoms with van der Waals surface area (Å²) in [4.78, 5) is 0.627. The Kier molecular flexibility index (Phi) is 5.75. The third-order valence-corrected chi connectivity index (χ3v) is 7.59. The highest BCUT2D eigenvalue weighted by Crippen LogP contribution is 2.44. The minimum absolute atomic E-state index is 0.00179. The lowest BCUT2D eigenvalue weighted by Crippen LogP contribution is -2.48. The van der Waals surface area contributed by atoms with Crippen LogP contribution in [0.5, 0.6) is 5.75 Å². The summed E-state index contributed by atoms with van der Waals surface area (Å²) in [5, 5.41) is 11.6. The monoisotopic (exact) mass is 504 g/mol. The van der Waals surface area contributed by atoms with E-state index in [4.69, 9.17) is 12.3 Å². The molecular weight excluding hydrogens is 438 g/mol. The predicted octanol–water partition coefficient (Wildman–Crippen LogP) is 9.29. The number of hydrogen-bond acceptors (Lipinski definition) is 2. The van der Waals surface area contributed by atoms with Crippen LogP contribution in [-0.4, -0.2) is 28.1 Å². The van der Waals surface area contributed by atoms with E-state index in [-0.39, 0.29) is 17.6 Å². The minimum Gasteiger partial charge on any atom is -0.508 e. The summed E-state index contributed by atoms with van der Waals surface area (Å²) in [6.45, 7) is 13.9. The van der Waals surface area contributed by atoms with Gasteiger partial charge in [-0.3, -0.25) is 4.90 Å². The van der Waals surface area contributed by atoms with Gasteiger partial charge in [0.2, 0.25) is 0 Å². The maximum absolute atomic E-state index is 11.6. The Hall–Kier alpha value is -1.80. The van der Waals surface area contributed by atoms with Crippen molar-refractivity contribution in [1.82, 2.24) is 4.90 Å². The molecular formula is C34H55NO. The molecule has 2 nitrogen and oxygen atoms in total. The highest BCUT2D eigenvalue weighted by molar-refractivity contribution is 5.56. The average Bonchev–Trinajstić information content (AvgIpc) is 2.82. The zero-order chi connectivity index (χ0) is 37.3. The van der Waals surface area contributed by atoms with Crippen LogP contribution in [0.4, 0.5) is 0 Å². The zero-order valence-electron chi connectivity index (χ0n) is 35.5. The molecule has 0 spiro atoms. The number of aromatic hydroxyl groups is 1. The molecule has 0 fully saturated rings. The van der Waals surface area contributed by atoms with Gasteiger partial charge in [-0.05, 0) is 124 Å². The summed E-state index contributed by atoms with van der Waals surface area (Å²) in [5.41, 5.74) is 6.68. The molecule has 0 saturated heterocycles. The molecule has 0 saturated carbocycles. The Bertz CT molecular complexity index is 1390. The van der Waals surface area contributed by atoms with Crippen LogP contribution in [-0.2, 0) is 5.41 Å². The van der Waals surface area contributed by atoms with Gasteiger partial charge >= 0.3 is 0 Å². The highest BCUT2D eigenvalue weighted by Gasteiger charge is 2.33. The van der Waals surface area contributed by atoms with Gasteiger partial charge < -0.3 is 5.11 Å². The normalized spacial score (nSPS) is 23.5. The average molecular weight is 505 g/mol. The van der Waals surface area contributed by atoms with Crippen LogP contribution in [0, 0.1) is 40.5 Å². The number of nitrogens with zero attached hydrogens (tertiary/aromatic N) is 1. The highest BCUT2D eigenvalue weighted by atomic mass is 16.3. The summed E-state index contributed by atoms with van der Waals surface area (Å²) in [7, 11) is 0. The number of aryl methyl sites for hydroxylation is 2. The molecule has 0 aliphatic heterocycles. The lowest BCUT2D eigenvalue weighted by Gasteiger charge is -2.43. The van der Waals surface area contributed by atoms with E-state index in [0.29, 0.717) is 10.5 Å². The second-order valence-electron chi connectivity index (χ2n) is 11.6. The van der Waals surface area contributed by atoms with Crippen molar-refractivity contribution in [3.63, 3.8) is 0 Å². The number of benzene rings is 2. The second-order valence-corrected chi connectivity index (χ2v) is 11.6. The first kappa shape index (κ1) is 17.7. The van der Waals surface area contributed by atoms with Crippen LogP contribution in [0.3, 0.4) is 0 Å². The molecule has 1 N–H and O–H groups in total. The summed E-state index contributed by atoms with van der Waals surface area (Å²) < 4.78 is 95.9. The van der Waals surface area contributed by atoms with Gasteiger partial charge in [-0.15, -0.1) is 0 Å². The summed E-state index contributed by atoms with van der Waals surface area (Å²) >= 11 is 0. The summed E-state index contributed by atoms with van der Waals surface area (Å²) in [6, 6.07) is -2.02. The molecule has 3 unspecified atom stereocenters. The fourth-order valence-electron chi connectivity index (χ4n) is 5.69. The van der Waals surface area contributed by atoms with Gasteiger partial charge in [0.25, 0.3) is 0 Å². The van der Waals surface area contributed by atoms with Gasteiger partial charge in [-0.25, -0.2) is 0 Å². The lowest BCUT2D eigenvalue weighted by molar-refractivity contribution is 0.0689. The van der Waals surface area contributed by atoms with Crippen molar-refractivity contribution in [2.75, 3.05) is 0 Å². The first-order chi connectivity index (χ1) is 20.7. The van der Waals surface area contributed by atoms with Crippen LogP contribution in [0.2, 0.25) is 0 Å². The Morgan fingerprint density at radius 2 is 1.61 bits per heavy atom. The fraction of sp³-hybridized carbons (Fsp3) is 0.647. The van der Waals surface area contributed by atoms with E-state index < -0.39 is 50.0 Å². The topological polar surface area (TPSA) is 23.5 Å². The molecule has 0 amide bonds. The van der Waals surface area contributed by atoms with Crippen molar-refractivity contribution in [1.29, 1.82) is 0 Å². The molecule has 0 radical (unpaired) electrons. The van der Waals surface area contributed by atoms with Crippen molar-refractivity contribution in [3.05, 3.63) is 62.7 Å². The predicted molar refractivity (Wildman–Crippen MR) is 159 cm³/mol. The Morgan fingerprint density at radius 3 is 2.11 bits per heavy atom. The maximum Gasteiger partial charge on any atom is 0.119 e. The standard InChI is InChI=1S/C34H55NO/c1-15-23(6)35(28(11)20(2)3)24(7)19-30(29-17-16-21(4)25(8)26(29)9)32-27(10)33(34(12,13)14)22(5)18-31(32)36/h16-18,20,23-24,28,30,36H,15,19H2,1-14H3/t23?,24?,28?,30-/m1/s1/i6D3,11D3,15D2,20D,23D,28D. The Labute approximate surface area is 239 Å². The van der Waals surface area contributed by atoms with Crippen LogP contribution >= 0.6 is 0 Å². The Morgan fingerprint density at radius 1 is 0.972 bits per heavy atom. The van der Waals surface area contributed by atoms with Gasteiger partial charge in [0, 0.05) is 44.6 Å². The van der Waals surface area contributed by atoms with E-state index in [2.05, 4.69) is 20.8 Å². The number of rotatable bonds is 9. The quantitative estimate of drug-likeness (QED) is 0.368. The molecule has 36 heavy (non-hydrogen) atoms. The van der Waals surface area contributed by atoms with Gasteiger partial charge in [0.05, 0.1) is 0 Å². The first-order valence-corrected chi connectivity index (χ1v) is 12.9. The van der Waals surface area contributed by atoms with E-state index in [1.54, 1.807) is 6.07 Å². The van der Waals surface area contributed by atoms with E-state index in [9.17, 15) is 7.85 Å². The molecule has 2 heteroatoms. The molecule has 0 bridgehead atoms. The van der Waals surface area contributed by atoms with E-state index >= 15 is 0 Å². The van der Waals surface area contributed by atoms with Gasteiger partial charge in [0.1, 0.15) is 5.75 Å². The smallest absolute Gasteiger partial charge is 0.119 e. The first-order valence-electron chi connectivity index (χ1n) is 18.4. The SMILES string of the molecule is [2H]C([2H])([2H])C([2H])(N(C(C)C[C@H](c1ccc(C)c(C)c1C)c1c(O)cc(C)c(C(C)(C)C)c1C)C([2H])(C([2H])([2H])[2H])C([2H])(C)C)C([2H])([2H])C. The third-order valence-electron chi connectivity index (χ3n) is 7.59. The number of phenolic OH excluding ortho intramolecular Hbond substituents is 1. The third kappa shape index (κ3) is 6.18. The maximum atomic E-state index is 11.6. The van der Waals surface area contributed by atoms with Crippen LogP contribution in [0.25, 0.3) is 0 Å².